The summed E-state index contributed by atoms with van der Waals surface area (Å²) in [7, 11) is 0. The topological polar surface area (TPSA) is 27.7 Å². The van der Waals surface area contributed by atoms with Crippen LogP contribution >= 0.6 is 0 Å². The van der Waals surface area contributed by atoms with Gasteiger partial charge in [0.1, 0.15) is 0 Å². The van der Waals surface area contributed by atoms with Gasteiger partial charge in [-0.2, -0.15) is 8.78 Å². The van der Waals surface area contributed by atoms with Gasteiger partial charge in [0.25, 0.3) is 0 Å². The fourth-order valence-corrected chi connectivity index (χ4v) is 2.64. The molecule has 0 aliphatic carbocycles. The number of rotatable bonds is 7. The smallest absolute Gasteiger partial charge is 0.204 e. The van der Waals surface area contributed by atoms with E-state index in [1.807, 2.05) is 0 Å². The fourth-order valence-electron chi connectivity index (χ4n) is 2.64. The van der Waals surface area contributed by atoms with E-state index in [1.165, 1.54) is 12.1 Å². The van der Waals surface area contributed by atoms with E-state index in [-0.39, 0.29) is 24.0 Å². The first-order valence-electron chi connectivity index (χ1n) is 8.00. The molecule has 3 nitrogen and oxygen atoms in total. The second-order valence-corrected chi connectivity index (χ2v) is 5.62. The van der Waals surface area contributed by atoms with Gasteiger partial charge in [-0.15, -0.1) is 0 Å². The maximum Gasteiger partial charge on any atom is 0.204 e. The maximum atomic E-state index is 13.9. The summed E-state index contributed by atoms with van der Waals surface area (Å²) in [4.78, 5) is 0. The van der Waals surface area contributed by atoms with Crippen LogP contribution < -0.4 is 9.47 Å². The summed E-state index contributed by atoms with van der Waals surface area (Å²) in [6.07, 6.45) is 4.52. The molecule has 124 valence electrons. The molecule has 1 aliphatic heterocycles. The first-order valence-corrected chi connectivity index (χ1v) is 8.00. The molecule has 2 rings (SSSR count). The van der Waals surface area contributed by atoms with Gasteiger partial charge in [-0.05, 0) is 38.3 Å². The molecule has 1 aromatic rings. The minimum Gasteiger partial charge on any atom is -0.491 e. The van der Waals surface area contributed by atoms with Crippen LogP contribution in [0.3, 0.4) is 0 Å². The van der Waals surface area contributed by atoms with E-state index in [4.69, 9.17) is 14.2 Å². The second kappa shape index (κ2) is 8.32. The highest BCUT2D eigenvalue weighted by atomic mass is 19.2. The first kappa shape index (κ1) is 17.0. The molecule has 1 heterocycles. The zero-order valence-corrected chi connectivity index (χ0v) is 13.2. The average molecular weight is 314 g/mol. The molecule has 2 unspecified atom stereocenters. The molecule has 0 spiro atoms. The Morgan fingerprint density at radius 1 is 1.09 bits per heavy atom. The zero-order chi connectivity index (χ0) is 15.9. The van der Waals surface area contributed by atoms with Crippen LogP contribution in [0.15, 0.2) is 12.1 Å². The summed E-state index contributed by atoms with van der Waals surface area (Å²) >= 11 is 0. The average Bonchev–Trinajstić information content (AvgIpc) is 2.53. The first-order chi connectivity index (χ1) is 10.7. The summed E-state index contributed by atoms with van der Waals surface area (Å²) in [5.74, 6) is -1.93. The molecule has 0 radical (unpaired) electrons. The van der Waals surface area contributed by atoms with Crippen molar-refractivity contribution in [1.29, 1.82) is 0 Å². The van der Waals surface area contributed by atoms with Crippen molar-refractivity contribution < 1.29 is 23.0 Å². The van der Waals surface area contributed by atoms with Gasteiger partial charge in [0.05, 0.1) is 25.9 Å². The predicted octanol–water partition coefficient (Wildman–Crippen LogP) is 4.34. The van der Waals surface area contributed by atoms with Crippen molar-refractivity contribution in [3.05, 3.63) is 23.8 Å². The minimum atomic E-state index is -0.998. The normalized spacial score (nSPS) is 21.6. The Labute approximate surface area is 130 Å². The largest absolute Gasteiger partial charge is 0.491 e. The van der Waals surface area contributed by atoms with Crippen molar-refractivity contribution in [2.45, 2.75) is 45.6 Å². The van der Waals surface area contributed by atoms with Crippen LogP contribution in [0.4, 0.5) is 8.78 Å². The molecule has 0 saturated carbocycles. The highest BCUT2D eigenvalue weighted by molar-refractivity contribution is 5.35. The zero-order valence-electron chi connectivity index (χ0n) is 13.2. The third-order valence-electron chi connectivity index (χ3n) is 3.86. The van der Waals surface area contributed by atoms with E-state index < -0.39 is 11.6 Å². The van der Waals surface area contributed by atoms with Gasteiger partial charge >= 0.3 is 0 Å². The quantitative estimate of drug-likeness (QED) is 0.749. The Morgan fingerprint density at radius 2 is 1.77 bits per heavy atom. The Kier molecular flexibility index (Phi) is 6.43. The monoisotopic (exact) mass is 314 g/mol. The minimum absolute atomic E-state index is 0.0726. The second-order valence-electron chi connectivity index (χ2n) is 5.62. The maximum absolute atomic E-state index is 13.9. The van der Waals surface area contributed by atoms with Crippen molar-refractivity contribution >= 4 is 0 Å². The lowest BCUT2D eigenvalue weighted by molar-refractivity contribution is -0.0310. The molecule has 1 aliphatic rings. The number of hydrogen-bond acceptors (Lipinski definition) is 3. The summed E-state index contributed by atoms with van der Waals surface area (Å²) in [6.45, 7) is 5.10. The Hall–Kier alpha value is -1.36. The number of hydrogen-bond donors (Lipinski definition) is 0. The van der Waals surface area contributed by atoms with Crippen molar-refractivity contribution in [2.75, 3.05) is 19.8 Å². The lowest BCUT2D eigenvalue weighted by Crippen LogP contribution is -2.29. The third-order valence-corrected chi connectivity index (χ3v) is 3.86. The Balaban J connectivity index is 1.86. The van der Waals surface area contributed by atoms with Gasteiger partial charge in [0.2, 0.25) is 11.6 Å². The molecule has 1 saturated heterocycles. The van der Waals surface area contributed by atoms with Gasteiger partial charge in [-0.3, -0.25) is 0 Å². The summed E-state index contributed by atoms with van der Waals surface area (Å²) < 4.78 is 43.8. The molecule has 22 heavy (non-hydrogen) atoms. The lowest BCUT2D eigenvalue weighted by atomic mass is 9.97. The van der Waals surface area contributed by atoms with Crippen LogP contribution in [0.25, 0.3) is 0 Å². The molecular weight excluding hydrogens is 290 g/mol. The molecule has 0 amide bonds. The summed E-state index contributed by atoms with van der Waals surface area (Å²) in [5, 5.41) is 0. The highest BCUT2D eigenvalue weighted by Crippen LogP contribution is 2.29. The predicted molar refractivity (Wildman–Crippen MR) is 80.4 cm³/mol. The van der Waals surface area contributed by atoms with Crippen LogP contribution in [-0.4, -0.2) is 25.9 Å². The molecule has 0 N–H and O–H groups in total. The van der Waals surface area contributed by atoms with Crippen molar-refractivity contribution in [1.82, 2.24) is 0 Å². The van der Waals surface area contributed by atoms with E-state index >= 15 is 0 Å². The van der Waals surface area contributed by atoms with Crippen LogP contribution in [0.1, 0.15) is 39.5 Å². The van der Waals surface area contributed by atoms with Crippen molar-refractivity contribution in [3.8, 4) is 11.5 Å². The van der Waals surface area contributed by atoms with Gasteiger partial charge < -0.3 is 14.2 Å². The molecular formula is C17H24F2O3. The Bertz CT molecular complexity index is 471. The van der Waals surface area contributed by atoms with Gasteiger partial charge in [0, 0.05) is 5.92 Å². The van der Waals surface area contributed by atoms with Crippen molar-refractivity contribution in [2.24, 2.45) is 5.92 Å². The van der Waals surface area contributed by atoms with Crippen LogP contribution in [-0.2, 0) is 4.74 Å². The fraction of sp³-hybridized carbons (Fsp3) is 0.647. The van der Waals surface area contributed by atoms with Crippen LogP contribution in [0, 0.1) is 17.6 Å². The summed E-state index contributed by atoms with van der Waals surface area (Å²) in [5.41, 5.74) is 0. The molecule has 1 fully saturated rings. The standard InChI is InChI=1S/C17H24F2O3/c1-3-5-13-7-6-12(10-21-13)11-22-15-9-8-14(20-4-2)16(18)17(15)19/h8-9,12-13H,3-7,10-11H2,1-2H3. The number of benzene rings is 1. The number of halogens is 2. The molecule has 0 aromatic heterocycles. The highest BCUT2D eigenvalue weighted by Gasteiger charge is 2.23. The molecule has 2 atom stereocenters. The number of ether oxygens (including phenoxy) is 3. The van der Waals surface area contributed by atoms with Gasteiger partial charge in [0.15, 0.2) is 11.5 Å². The lowest BCUT2D eigenvalue weighted by Gasteiger charge is -2.28. The van der Waals surface area contributed by atoms with Crippen molar-refractivity contribution in [3.63, 3.8) is 0 Å². The third kappa shape index (κ3) is 4.32. The van der Waals surface area contributed by atoms with Crippen LogP contribution in [0.5, 0.6) is 11.5 Å². The molecule has 1 aromatic carbocycles. The van der Waals surface area contributed by atoms with Crippen LogP contribution in [0.2, 0.25) is 0 Å². The SMILES string of the molecule is CCCC1CCC(COc2ccc(OCC)c(F)c2F)CO1. The van der Waals surface area contributed by atoms with E-state index in [2.05, 4.69) is 6.92 Å². The van der Waals surface area contributed by atoms with E-state index in [1.54, 1.807) is 6.92 Å². The summed E-state index contributed by atoms with van der Waals surface area (Å²) in [6, 6.07) is 2.80. The van der Waals surface area contributed by atoms with E-state index in [0.717, 1.165) is 25.7 Å². The van der Waals surface area contributed by atoms with Gasteiger partial charge in [-0.25, -0.2) is 0 Å². The van der Waals surface area contributed by atoms with E-state index in [0.29, 0.717) is 19.3 Å². The Morgan fingerprint density at radius 3 is 2.32 bits per heavy atom. The van der Waals surface area contributed by atoms with Gasteiger partial charge in [-0.1, -0.05) is 13.3 Å². The molecule has 5 heteroatoms. The van der Waals surface area contributed by atoms with E-state index in [9.17, 15) is 8.78 Å². The molecule has 0 bridgehead atoms.